The van der Waals surface area contributed by atoms with Gasteiger partial charge in [-0.2, -0.15) is 8.42 Å². The molecule has 192 valence electrons. The van der Waals surface area contributed by atoms with Crippen molar-refractivity contribution in [1.82, 2.24) is 9.29 Å². The summed E-state index contributed by atoms with van der Waals surface area (Å²) < 4.78 is 54.1. The van der Waals surface area contributed by atoms with Crippen LogP contribution >= 0.6 is 23.2 Å². The molecule has 0 saturated heterocycles. The molecule has 2 N–H and O–H groups in total. The van der Waals surface area contributed by atoms with E-state index in [2.05, 4.69) is 4.98 Å². The maximum absolute atomic E-state index is 14.8. The van der Waals surface area contributed by atoms with Crippen molar-refractivity contribution in [3.8, 4) is 17.4 Å². The fourth-order valence-corrected chi connectivity index (χ4v) is 3.42. The number of carbonyl (C=O) groups excluding carboxylic acids is 2. The fraction of sp³-hybridized carbons (Fsp3) is 0.381. The summed E-state index contributed by atoms with van der Waals surface area (Å²) in [5.41, 5.74) is -2.03. The van der Waals surface area contributed by atoms with Crippen LogP contribution in [0.15, 0.2) is 24.4 Å². The summed E-state index contributed by atoms with van der Waals surface area (Å²) in [5.74, 6) is -2.60. The highest BCUT2D eigenvalue weighted by Gasteiger charge is 2.37. The molecule has 0 fully saturated rings. The molecular weight excluding hydrogens is 528 g/mol. The van der Waals surface area contributed by atoms with Gasteiger partial charge in [0.2, 0.25) is 5.88 Å². The number of amides is 2. The Balaban J connectivity index is 2.34. The Morgan fingerprint density at radius 3 is 2.31 bits per heavy atom. The predicted molar refractivity (Wildman–Crippen MR) is 127 cm³/mol. The fourth-order valence-electron chi connectivity index (χ4n) is 2.43. The van der Waals surface area contributed by atoms with E-state index in [1.165, 1.54) is 33.0 Å². The van der Waals surface area contributed by atoms with Gasteiger partial charge in [0, 0.05) is 12.1 Å². The number of halogens is 3. The van der Waals surface area contributed by atoms with Crippen LogP contribution in [0.3, 0.4) is 0 Å². The summed E-state index contributed by atoms with van der Waals surface area (Å²) >= 11 is 12.3. The van der Waals surface area contributed by atoms with Gasteiger partial charge in [-0.15, -0.1) is 4.31 Å². The van der Waals surface area contributed by atoms with E-state index in [9.17, 15) is 22.4 Å². The zero-order valence-corrected chi connectivity index (χ0v) is 21.8. The Hall–Kier alpha value is -2.67. The molecule has 0 aliphatic heterocycles. The number of carbonyl (C=O) groups is 2. The van der Waals surface area contributed by atoms with E-state index >= 15 is 0 Å². The minimum atomic E-state index is -4.96. The molecule has 0 spiro atoms. The van der Waals surface area contributed by atoms with Crippen molar-refractivity contribution in [3.63, 3.8) is 0 Å². The molecule has 0 unspecified atom stereocenters. The van der Waals surface area contributed by atoms with Crippen LogP contribution in [0.25, 0.3) is 0 Å². The molecule has 10 nitrogen and oxygen atoms in total. The second-order valence-electron chi connectivity index (χ2n) is 8.62. The average molecular weight is 552 g/mol. The lowest BCUT2D eigenvalue weighted by atomic mass is 10.2. The lowest BCUT2D eigenvalue weighted by Gasteiger charge is -2.24. The molecular formula is C21H24Cl2FN3O7S. The van der Waals surface area contributed by atoms with Crippen molar-refractivity contribution in [2.75, 3.05) is 6.61 Å². The number of imide groups is 1. The second-order valence-corrected chi connectivity index (χ2v) is 10.8. The Morgan fingerprint density at radius 1 is 1.17 bits per heavy atom. The number of nitrogens with zero attached hydrogens (tertiary/aromatic N) is 2. The second kappa shape index (κ2) is 10.9. The molecule has 0 aliphatic rings. The van der Waals surface area contributed by atoms with Crippen LogP contribution in [0.2, 0.25) is 10.0 Å². The highest BCUT2D eigenvalue weighted by molar-refractivity contribution is 7.87. The number of hydrogen-bond acceptors (Lipinski definition) is 8. The molecule has 0 bridgehead atoms. The molecule has 0 atom stereocenters. The first-order chi connectivity index (χ1) is 16.0. The van der Waals surface area contributed by atoms with E-state index in [-0.39, 0.29) is 33.3 Å². The number of hydrogen-bond donors (Lipinski definition) is 1. The van der Waals surface area contributed by atoms with Crippen molar-refractivity contribution in [3.05, 3.63) is 45.8 Å². The summed E-state index contributed by atoms with van der Waals surface area (Å²) in [4.78, 5) is 29.1. The third kappa shape index (κ3) is 7.92. The summed E-state index contributed by atoms with van der Waals surface area (Å²) in [6, 6.07) is 2.87. The van der Waals surface area contributed by atoms with E-state index in [0.717, 1.165) is 12.1 Å². The minimum Gasteiger partial charge on any atom is -0.476 e. The van der Waals surface area contributed by atoms with E-state index in [4.69, 9.17) is 42.6 Å². The summed E-state index contributed by atoms with van der Waals surface area (Å²) in [6.07, 6.45) is -0.346. The third-order valence-electron chi connectivity index (χ3n) is 3.81. The molecule has 14 heteroatoms. The highest BCUT2D eigenvalue weighted by atomic mass is 35.5. The van der Waals surface area contributed by atoms with Crippen LogP contribution < -0.4 is 14.6 Å². The Bertz CT molecular complexity index is 1230. The monoisotopic (exact) mass is 551 g/mol. The van der Waals surface area contributed by atoms with Crippen LogP contribution in [0, 0.1) is 11.7 Å². The normalized spacial score (nSPS) is 11.8. The number of benzene rings is 1. The largest absolute Gasteiger partial charge is 0.476 e. The van der Waals surface area contributed by atoms with Crippen molar-refractivity contribution < 1.29 is 36.6 Å². The Labute approximate surface area is 212 Å². The molecule has 0 radical (unpaired) electrons. The first-order valence-electron chi connectivity index (χ1n) is 10.0. The maximum atomic E-state index is 14.8. The predicted octanol–water partition coefficient (Wildman–Crippen LogP) is 4.94. The standard InChI is InChI=1S/C21H24Cl2FN3O7S/c1-11(2)10-32-18-15(23)6-12(9-26-18)33-17-8-16(24)13(7-14(17)22)19(28)27(35(25,30)31)20(29)34-21(3,4)5/h6-9,11H,10H2,1-5H3,(H2,25,30,31). The third-order valence-corrected chi connectivity index (χ3v) is 5.20. The van der Waals surface area contributed by atoms with Gasteiger partial charge < -0.3 is 14.2 Å². The van der Waals surface area contributed by atoms with Gasteiger partial charge in [0.05, 0.1) is 23.4 Å². The lowest BCUT2D eigenvalue weighted by Crippen LogP contribution is -2.47. The van der Waals surface area contributed by atoms with Crippen molar-refractivity contribution in [2.45, 2.75) is 40.2 Å². The summed E-state index contributed by atoms with van der Waals surface area (Å²) in [5, 5.41) is 4.83. The van der Waals surface area contributed by atoms with Crippen molar-refractivity contribution in [1.29, 1.82) is 0 Å². The molecule has 0 saturated carbocycles. The van der Waals surface area contributed by atoms with Gasteiger partial charge in [-0.05, 0) is 32.8 Å². The van der Waals surface area contributed by atoms with Gasteiger partial charge in [-0.25, -0.2) is 19.3 Å². The zero-order valence-electron chi connectivity index (χ0n) is 19.5. The van der Waals surface area contributed by atoms with Crippen molar-refractivity contribution in [2.24, 2.45) is 11.1 Å². The number of pyridine rings is 1. The van der Waals surface area contributed by atoms with Gasteiger partial charge in [0.15, 0.2) is 0 Å². The van der Waals surface area contributed by atoms with Gasteiger partial charge in [0.1, 0.15) is 27.9 Å². The molecule has 2 amide bonds. The van der Waals surface area contributed by atoms with E-state index in [0.29, 0.717) is 6.61 Å². The highest BCUT2D eigenvalue weighted by Crippen LogP contribution is 2.34. The Kier molecular flexibility index (Phi) is 8.93. The van der Waals surface area contributed by atoms with Gasteiger partial charge in [0.25, 0.3) is 5.91 Å². The molecule has 1 aromatic heterocycles. The number of ether oxygens (including phenoxy) is 3. The topological polar surface area (TPSA) is 138 Å². The number of aromatic nitrogens is 1. The smallest absolute Gasteiger partial charge is 0.432 e. The number of nitrogens with two attached hydrogens (primary N) is 1. The average Bonchev–Trinajstić information content (AvgIpc) is 2.67. The van der Waals surface area contributed by atoms with Crippen molar-refractivity contribution >= 4 is 45.4 Å². The van der Waals surface area contributed by atoms with Crippen LogP contribution in [0.5, 0.6) is 17.4 Å². The van der Waals surface area contributed by atoms with Crippen LogP contribution in [0.1, 0.15) is 45.0 Å². The molecule has 1 aromatic carbocycles. The van der Waals surface area contributed by atoms with Crippen LogP contribution in [-0.2, 0) is 14.9 Å². The van der Waals surface area contributed by atoms with Gasteiger partial charge in [-0.3, -0.25) is 4.79 Å². The molecule has 0 aliphatic carbocycles. The van der Waals surface area contributed by atoms with Crippen LogP contribution in [-0.4, -0.2) is 41.9 Å². The first kappa shape index (κ1) is 28.6. The quantitative estimate of drug-likeness (QED) is 0.510. The first-order valence-corrected chi connectivity index (χ1v) is 12.3. The molecule has 1 heterocycles. The van der Waals surface area contributed by atoms with E-state index in [1.54, 1.807) is 0 Å². The van der Waals surface area contributed by atoms with Gasteiger partial charge >= 0.3 is 16.3 Å². The van der Waals surface area contributed by atoms with Crippen LogP contribution in [0.4, 0.5) is 9.18 Å². The SMILES string of the molecule is CC(C)COc1ncc(Oc2cc(F)c(C(=O)N(C(=O)OC(C)(C)C)S(N)(=O)=O)cc2Cl)cc1Cl. The van der Waals surface area contributed by atoms with E-state index < -0.39 is 43.5 Å². The maximum Gasteiger partial charge on any atom is 0.432 e. The number of rotatable bonds is 7. The Morgan fingerprint density at radius 2 is 1.80 bits per heavy atom. The summed E-state index contributed by atoms with van der Waals surface area (Å²) in [7, 11) is -4.96. The summed E-state index contributed by atoms with van der Waals surface area (Å²) in [6.45, 7) is 8.59. The van der Waals surface area contributed by atoms with E-state index in [1.807, 2.05) is 13.8 Å². The zero-order chi connectivity index (χ0) is 26.7. The molecule has 2 rings (SSSR count). The lowest BCUT2D eigenvalue weighted by molar-refractivity contribution is 0.0370. The molecule has 2 aromatic rings. The minimum absolute atomic E-state index is 0.0761. The van der Waals surface area contributed by atoms with Gasteiger partial charge in [-0.1, -0.05) is 37.0 Å². The molecule has 35 heavy (non-hydrogen) atoms.